The van der Waals surface area contributed by atoms with E-state index in [2.05, 4.69) is 90.4 Å². The van der Waals surface area contributed by atoms with Crippen molar-refractivity contribution in [3.05, 3.63) is 65.7 Å². The van der Waals surface area contributed by atoms with Gasteiger partial charge in [0.15, 0.2) is 5.96 Å². The van der Waals surface area contributed by atoms with E-state index in [-0.39, 0.29) is 113 Å². The van der Waals surface area contributed by atoms with E-state index in [0.717, 1.165) is 16.7 Å². The van der Waals surface area contributed by atoms with Crippen molar-refractivity contribution >= 4 is 100 Å². The molecule has 0 aliphatic carbocycles. The Hall–Kier alpha value is -9.64. The number of phenols is 1. The average molecular weight is 1590 g/mol. The second-order valence-electron chi connectivity index (χ2n) is 28.3. The Morgan fingerprint density at radius 2 is 1.20 bits per heavy atom. The predicted molar refractivity (Wildman–Crippen MR) is 418 cm³/mol. The summed E-state index contributed by atoms with van der Waals surface area (Å²) in [4.78, 5) is 187. The van der Waals surface area contributed by atoms with Crippen LogP contribution in [0.1, 0.15) is 128 Å². The van der Waals surface area contributed by atoms with Crippen LogP contribution in [0.25, 0.3) is 0 Å². The zero-order chi connectivity index (χ0) is 81.9. The van der Waals surface area contributed by atoms with E-state index in [0.29, 0.717) is 135 Å². The van der Waals surface area contributed by atoms with Crippen molar-refractivity contribution in [2.24, 2.45) is 17.2 Å². The number of carboxylic acids is 1. The minimum Gasteiger partial charge on any atom is -0.508 e. The second kappa shape index (κ2) is 50.4. The van der Waals surface area contributed by atoms with Gasteiger partial charge in [-0.3, -0.25) is 82.7 Å². The molecular weight excluding hydrogens is 1470 g/mol. The number of primary amides is 1. The average Bonchev–Trinajstić information content (AvgIpc) is 1.60. The van der Waals surface area contributed by atoms with Gasteiger partial charge in [0.2, 0.25) is 76.8 Å². The summed E-state index contributed by atoms with van der Waals surface area (Å²) in [5, 5.41) is 76.3. The Kier molecular flexibility index (Phi) is 41.8. The first-order valence-electron chi connectivity index (χ1n) is 38.4. The number of aromatic hydroxyl groups is 1. The molecular formula is C73H118N22O16S. The number of carboxylic acid groups (broad SMARTS) is 1. The fourth-order valence-electron chi connectivity index (χ4n) is 12.5. The zero-order valence-corrected chi connectivity index (χ0v) is 65.0. The third-order valence-electron chi connectivity index (χ3n) is 18.6. The number of amides is 13. The number of unbranched alkanes of at least 4 members (excludes halogenated alkanes) is 3. The van der Waals surface area contributed by atoms with Gasteiger partial charge in [-0.15, -0.1) is 11.8 Å². The number of thioether (sulfide) groups is 1. The van der Waals surface area contributed by atoms with Crippen molar-refractivity contribution in [2.75, 3.05) is 110 Å². The third-order valence-corrected chi connectivity index (χ3v) is 19.9. The molecule has 0 bridgehead atoms. The highest BCUT2D eigenvalue weighted by Gasteiger charge is 2.40. The fourth-order valence-corrected chi connectivity index (χ4v) is 13.7. The van der Waals surface area contributed by atoms with Crippen molar-refractivity contribution in [3.63, 3.8) is 0 Å². The minimum atomic E-state index is -1.65. The van der Waals surface area contributed by atoms with Crippen LogP contribution in [0.4, 0.5) is 0 Å². The van der Waals surface area contributed by atoms with Crippen LogP contribution in [-0.4, -0.2) is 267 Å². The fraction of sp³-hybridized carbons (Fsp3) is 0.630. The number of nitrogens with zero attached hydrogens (tertiary/aromatic N) is 1. The van der Waals surface area contributed by atoms with Gasteiger partial charge in [0.05, 0.1) is 23.8 Å². The number of imide groups is 1. The summed E-state index contributed by atoms with van der Waals surface area (Å²) in [6.07, 6.45) is 2.21. The third kappa shape index (κ3) is 35.8. The van der Waals surface area contributed by atoms with Crippen molar-refractivity contribution in [2.45, 2.75) is 182 Å². The number of nitrogens with two attached hydrogens (primary N) is 3. The van der Waals surface area contributed by atoms with E-state index in [1.165, 1.54) is 12.1 Å². The first kappa shape index (κ1) is 93.0. The van der Waals surface area contributed by atoms with E-state index < -0.39 is 137 Å². The monoisotopic (exact) mass is 1590 g/mol. The molecule has 13 amide bonds. The van der Waals surface area contributed by atoms with Gasteiger partial charge in [0, 0.05) is 136 Å². The molecule has 7 atom stereocenters. The van der Waals surface area contributed by atoms with E-state index >= 15 is 0 Å². The van der Waals surface area contributed by atoms with Crippen LogP contribution >= 0.6 is 11.8 Å². The van der Waals surface area contributed by atoms with E-state index in [9.17, 15) is 77.3 Å². The van der Waals surface area contributed by atoms with Crippen LogP contribution < -0.4 is 108 Å². The lowest BCUT2D eigenvalue weighted by molar-refractivity contribution is -0.141. The maximum absolute atomic E-state index is 14.2. The molecule has 0 aromatic heterocycles. The topological polar surface area (TPSA) is 589 Å². The molecule has 3 aliphatic heterocycles. The maximum Gasteiger partial charge on any atom is 0.305 e. The van der Waals surface area contributed by atoms with Crippen LogP contribution in [-0.2, 0) is 80.0 Å². The van der Waals surface area contributed by atoms with Gasteiger partial charge in [0.1, 0.15) is 47.7 Å². The molecule has 0 spiro atoms. The molecule has 26 N–H and O–H groups in total. The zero-order valence-electron chi connectivity index (χ0n) is 64.2. The number of hydrogen-bond acceptors (Lipinski definition) is 24. The van der Waals surface area contributed by atoms with Gasteiger partial charge in [-0.05, 0) is 101 Å². The normalized spacial score (nSPS) is 21.8. The lowest BCUT2D eigenvalue weighted by Gasteiger charge is -2.37. The SMILES string of the molecule is CCC(=O)N[C@]1(C)CNCCNC[C@](NCCN)(NC(=O)CCCC(=O)N[C@@H](Cc2ccc(O)cc2)C(=O)NCCCCCC(=O)N[C@@H](CSC2CC(=O)N(CCCNCCCCC3NC(=O)[C@@H](Cc4ccccc4)NC(=O)[C@@H](CC(=O)O)NC(=O)CNC(=O)[C@H](CCCNC(=N)N)NC3=O)C2=O)C(N)=O)CNCCNC1. The Morgan fingerprint density at radius 3 is 1.84 bits per heavy atom. The van der Waals surface area contributed by atoms with Crippen LogP contribution in [0.3, 0.4) is 0 Å². The lowest BCUT2D eigenvalue weighted by atomic mass is 10.0. The molecule has 2 aromatic rings. The molecule has 2 unspecified atom stereocenters. The molecule has 112 heavy (non-hydrogen) atoms. The van der Waals surface area contributed by atoms with Crippen LogP contribution in [0.5, 0.6) is 5.75 Å². The number of carbonyl (C=O) groups excluding carboxylic acids is 13. The number of likely N-dealkylation sites (tertiary alicyclic amines) is 1. The maximum atomic E-state index is 14.2. The molecule has 2 aromatic carbocycles. The molecule has 38 nitrogen and oxygen atoms in total. The first-order valence-corrected chi connectivity index (χ1v) is 39.5. The summed E-state index contributed by atoms with van der Waals surface area (Å²) < 4.78 is 0. The number of phenolic OH excluding ortho intramolecular Hbond substituents is 1. The summed E-state index contributed by atoms with van der Waals surface area (Å²) in [5.41, 5.74) is 16.8. The van der Waals surface area contributed by atoms with Crippen molar-refractivity contribution in [3.8, 4) is 5.75 Å². The van der Waals surface area contributed by atoms with Gasteiger partial charge < -0.3 is 112 Å². The van der Waals surface area contributed by atoms with E-state index in [1.807, 2.05) is 13.8 Å². The number of guanidine groups is 1. The predicted octanol–water partition coefficient (Wildman–Crippen LogP) is -5.69. The number of benzene rings is 2. The first-order chi connectivity index (χ1) is 53.6. The smallest absolute Gasteiger partial charge is 0.305 e. The summed E-state index contributed by atoms with van der Waals surface area (Å²) in [6, 6.07) is 7.08. The van der Waals surface area contributed by atoms with Gasteiger partial charge in [-0.25, -0.2) is 0 Å². The van der Waals surface area contributed by atoms with Gasteiger partial charge >= 0.3 is 5.97 Å². The summed E-state index contributed by atoms with van der Waals surface area (Å²) in [7, 11) is 0. The molecule has 3 heterocycles. The molecule has 3 saturated heterocycles. The van der Waals surface area contributed by atoms with Gasteiger partial charge in [-0.2, -0.15) is 0 Å². The summed E-state index contributed by atoms with van der Waals surface area (Å²) >= 11 is 1.02. The second-order valence-corrected chi connectivity index (χ2v) is 29.5. The molecule has 0 radical (unpaired) electrons. The Balaban J connectivity index is 1.04. The summed E-state index contributed by atoms with van der Waals surface area (Å²) in [6.45, 7) is 9.07. The summed E-state index contributed by atoms with van der Waals surface area (Å²) in [5.74, 6) is -9.54. The molecule has 39 heteroatoms. The lowest BCUT2D eigenvalue weighted by Crippen LogP contribution is -2.69. The minimum absolute atomic E-state index is 0.000161. The molecule has 3 aliphatic rings. The highest BCUT2D eigenvalue weighted by molar-refractivity contribution is 8.00. The van der Waals surface area contributed by atoms with E-state index in [4.69, 9.17) is 22.6 Å². The Morgan fingerprint density at radius 1 is 0.616 bits per heavy atom. The Labute approximate surface area is 657 Å². The van der Waals surface area contributed by atoms with Crippen LogP contribution in [0.2, 0.25) is 0 Å². The molecule has 622 valence electrons. The van der Waals surface area contributed by atoms with E-state index in [1.54, 1.807) is 42.5 Å². The standard InChI is InChI=1S/C73H118N22O16S/c1-3-57(97)93-72(2)43-79-32-34-81-45-73(86-31-26-74,46-82-35-33-80-44-72)94-60(100)21-12-20-59(99)87-52(38-48-22-24-49(96)25-23-48)66(107)83-29-10-5-8-19-58(98)89-55(64(75)105)42-112-56-40-62(102)95(70(56)111)36-14-28-78-27-11-9-17-51-67(108)90-50(18-13-30-84-71(76)77)65(106)85-41-61(101)88-54(39-63(103)104)69(110)92-53(68(109)91-51)37-47-15-6-4-7-16-47/h4,6-7,15-16,22-25,50-56,78-82,86,96H,3,5,8-14,17-21,26-46,74H2,1-2H3,(H2,75,105)(H,83,107)(H,85,106)(H,87,99)(H,88,101)(H,89,98)(H,90,108)(H,91,109)(H,92,110)(H,93,97)(H,94,100)(H,103,104)(H4,76,77,84)/t50-,51?,52-,53+,54+,55-,56?,72-,73+/m0/s1. The number of nitrogens with one attached hydrogen (secondary N) is 18. The van der Waals surface area contributed by atoms with Crippen molar-refractivity contribution in [1.82, 2.24) is 95.3 Å². The molecule has 5 rings (SSSR count). The van der Waals surface area contributed by atoms with Gasteiger partial charge in [0.25, 0.3) is 0 Å². The van der Waals surface area contributed by atoms with Crippen molar-refractivity contribution < 1.29 is 77.3 Å². The number of rotatable bonds is 42. The number of carbonyl (C=O) groups is 14. The van der Waals surface area contributed by atoms with Crippen molar-refractivity contribution in [1.29, 1.82) is 5.41 Å². The van der Waals surface area contributed by atoms with Crippen LogP contribution in [0, 0.1) is 5.41 Å². The largest absolute Gasteiger partial charge is 0.508 e. The number of aliphatic carboxylic acids is 1. The van der Waals surface area contributed by atoms with Gasteiger partial charge in [-0.1, -0.05) is 55.8 Å². The Bertz CT molecular complexity index is 3420. The highest BCUT2D eigenvalue weighted by atomic mass is 32.2. The quantitative estimate of drug-likeness (QED) is 0.00968. The molecule has 0 saturated carbocycles. The van der Waals surface area contributed by atoms with Crippen LogP contribution in [0.15, 0.2) is 54.6 Å². The highest BCUT2D eigenvalue weighted by Crippen LogP contribution is 2.26. The molecule has 3 fully saturated rings. The number of hydrogen-bond donors (Lipinski definition) is 23.